The van der Waals surface area contributed by atoms with Crippen LogP contribution in [-0.4, -0.2) is 48.3 Å². The molecule has 168 valence electrons. The van der Waals surface area contributed by atoms with Crippen molar-refractivity contribution in [3.63, 3.8) is 0 Å². The monoisotopic (exact) mass is 399 g/mol. The van der Waals surface area contributed by atoms with Crippen LogP contribution in [-0.2, 0) is 4.79 Å². The Labute approximate surface area is 175 Å². The van der Waals surface area contributed by atoms with Crippen LogP contribution in [0, 0.1) is 0 Å². The number of likely N-dealkylation sites (N-methyl/N-ethyl adjacent to an activating group) is 1. The number of aliphatic hydroxyl groups is 1. The van der Waals surface area contributed by atoms with Crippen molar-refractivity contribution in [1.29, 1.82) is 0 Å². The maximum Gasteiger partial charge on any atom is 0.129 e. The van der Waals surface area contributed by atoms with Gasteiger partial charge in [0.1, 0.15) is 18.7 Å². The number of nitrogens with zero attached hydrogens (tertiary/aromatic N) is 1. The molecule has 0 heterocycles. The standard InChI is InChI=1S/C24H49NO3/c1-5-7-9-10-11-12-13-14-15-16-17-18-19-22(26)21-25(3,4)23(24(27)28)20-8-6-2/h22-23,26H,5-21H2,1-4H3. The van der Waals surface area contributed by atoms with Crippen LogP contribution in [0.5, 0.6) is 0 Å². The van der Waals surface area contributed by atoms with Crippen LogP contribution in [0.2, 0.25) is 0 Å². The first-order valence-electron chi connectivity index (χ1n) is 12.1. The summed E-state index contributed by atoms with van der Waals surface area (Å²) in [4.78, 5) is 11.5. The fourth-order valence-corrected chi connectivity index (χ4v) is 4.13. The summed E-state index contributed by atoms with van der Waals surface area (Å²) in [6.07, 6.45) is 18.6. The quantitative estimate of drug-likeness (QED) is 0.236. The first kappa shape index (κ1) is 27.4. The summed E-state index contributed by atoms with van der Waals surface area (Å²) in [6.45, 7) is 4.81. The number of carboxylic acids is 1. The van der Waals surface area contributed by atoms with Gasteiger partial charge < -0.3 is 19.5 Å². The predicted molar refractivity (Wildman–Crippen MR) is 117 cm³/mol. The molecule has 0 aliphatic heterocycles. The van der Waals surface area contributed by atoms with Gasteiger partial charge in [-0.05, 0) is 12.8 Å². The van der Waals surface area contributed by atoms with Crippen LogP contribution in [0.25, 0.3) is 0 Å². The summed E-state index contributed by atoms with van der Waals surface area (Å²) in [6, 6.07) is -0.531. The number of carbonyl (C=O) groups excluding carboxylic acids is 1. The fraction of sp³-hybridized carbons (Fsp3) is 0.958. The molecule has 0 aliphatic carbocycles. The van der Waals surface area contributed by atoms with Crippen molar-refractivity contribution in [2.45, 2.75) is 129 Å². The lowest BCUT2D eigenvalue weighted by Gasteiger charge is -2.40. The van der Waals surface area contributed by atoms with Crippen LogP contribution in [0.1, 0.15) is 117 Å². The van der Waals surface area contributed by atoms with Crippen molar-refractivity contribution < 1.29 is 19.5 Å². The molecule has 0 aromatic rings. The number of unbranched alkanes of at least 4 members (excludes halogenated alkanes) is 12. The number of rotatable bonds is 20. The molecule has 0 aromatic carbocycles. The second-order valence-electron chi connectivity index (χ2n) is 9.27. The highest BCUT2D eigenvalue weighted by Gasteiger charge is 2.31. The van der Waals surface area contributed by atoms with Crippen LogP contribution < -0.4 is 5.11 Å². The second kappa shape index (κ2) is 17.3. The number of hydrogen-bond donors (Lipinski definition) is 1. The highest BCUT2D eigenvalue weighted by Crippen LogP contribution is 2.17. The molecular weight excluding hydrogens is 350 g/mol. The molecule has 0 amide bonds. The van der Waals surface area contributed by atoms with Gasteiger partial charge in [0.2, 0.25) is 0 Å². The van der Waals surface area contributed by atoms with Gasteiger partial charge in [-0.1, -0.05) is 97.3 Å². The van der Waals surface area contributed by atoms with E-state index in [1.807, 2.05) is 14.1 Å². The lowest BCUT2D eigenvalue weighted by Crippen LogP contribution is -2.59. The van der Waals surface area contributed by atoms with Crippen molar-refractivity contribution in [3.05, 3.63) is 0 Å². The Balaban J connectivity index is 3.77. The van der Waals surface area contributed by atoms with Crippen molar-refractivity contribution >= 4 is 5.97 Å². The Morgan fingerprint density at radius 1 is 0.750 bits per heavy atom. The molecule has 0 radical (unpaired) electrons. The minimum Gasteiger partial charge on any atom is -0.544 e. The summed E-state index contributed by atoms with van der Waals surface area (Å²) in [5, 5.41) is 21.9. The molecule has 0 bridgehead atoms. The molecule has 2 unspecified atom stereocenters. The van der Waals surface area contributed by atoms with Crippen molar-refractivity contribution in [3.8, 4) is 0 Å². The molecule has 4 heteroatoms. The number of quaternary nitrogens is 1. The third-order valence-electron chi connectivity index (χ3n) is 6.02. The second-order valence-corrected chi connectivity index (χ2v) is 9.27. The maximum absolute atomic E-state index is 11.5. The minimum absolute atomic E-state index is 0.307. The van der Waals surface area contributed by atoms with Gasteiger partial charge in [-0.25, -0.2) is 0 Å². The Bertz CT molecular complexity index is 371. The van der Waals surface area contributed by atoms with Gasteiger partial charge in [-0.15, -0.1) is 0 Å². The van der Waals surface area contributed by atoms with Crippen LogP contribution in [0.4, 0.5) is 0 Å². The zero-order valence-electron chi connectivity index (χ0n) is 19.4. The first-order valence-corrected chi connectivity index (χ1v) is 12.1. The normalized spacial score (nSPS) is 14.2. The van der Waals surface area contributed by atoms with E-state index in [-0.39, 0.29) is 0 Å². The van der Waals surface area contributed by atoms with E-state index in [1.54, 1.807) is 0 Å². The minimum atomic E-state index is -0.990. The van der Waals surface area contributed by atoms with E-state index in [0.717, 1.165) is 25.7 Å². The Hall–Kier alpha value is -0.610. The molecule has 28 heavy (non-hydrogen) atoms. The Morgan fingerprint density at radius 2 is 1.18 bits per heavy atom. The van der Waals surface area contributed by atoms with Gasteiger partial charge in [-0.3, -0.25) is 0 Å². The average molecular weight is 400 g/mol. The smallest absolute Gasteiger partial charge is 0.129 e. The van der Waals surface area contributed by atoms with E-state index in [2.05, 4.69) is 13.8 Å². The topological polar surface area (TPSA) is 60.4 Å². The fourth-order valence-electron chi connectivity index (χ4n) is 4.13. The number of aliphatic hydroxyl groups excluding tert-OH is 1. The van der Waals surface area contributed by atoms with Crippen molar-refractivity contribution in [2.24, 2.45) is 0 Å². The molecule has 0 saturated heterocycles. The number of hydrogen-bond acceptors (Lipinski definition) is 3. The van der Waals surface area contributed by atoms with E-state index in [0.29, 0.717) is 17.4 Å². The van der Waals surface area contributed by atoms with Crippen molar-refractivity contribution in [1.82, 2.24) is 0 Å². The highest BCUT2D eigenvalue weighted by atomic mass is 16.4. The summed E-state index contributed by atoms with van der Waals surface area (Å²) in [5.74, 6) is -0.990. The average Bonchev–Trinajstić information content (AvgIpc) is 2.62. The van der Waals surface area contributed by atoms with Gasteiger partial charge >= 0.3 is 0 Å². The van der Waals surface area contributed by atoms with Crippen LogP contribution in [0.3, 0.4) is 0 Å². The molecule has 0 aliphatic rings. The Morgan fingerprint density at radius 3 is 1.61 bits per heavy atom. The molecule has 2 atom stereocenters. The van der Waals surface area contributed by atoms with Crippen LogP contribution >= 0.6 is 0 Å². The van der Waals surface area contributed by atoms with Crippen molar-refractivity contribution in [2.75, 3.05) is 20.6 Å². The largest absolute Gasteiger partial charge is 0.544 e. The summed E-state index contributed by atoms with van der Waals surface area (Å²) in [5.41, 5.74) is 0. The van der Waals surface area contributed by atoms with Gasteiger partial charge in [0.25, 0.3) is 0 Å². The van der Waals surface area contributed by atoms with E-state index in [1.165, 1.54) is 70.6 Å². The first-order chi connectivity index (χ1) is 13.3. The number of aliphatic carboxylic acids is 1. The molecule has 0 saturated carbocycles. The lowest BCUT2D eigenvalue weighted by atomic mass is 10.0. The summed E-state index contributed by atoms with van der Waals surface area (Å²) < 4.78 is 0.307. The molecule has 0 spiro atoms. The van der Waals surface area contributed by atoms with E-state index in [4.69, 9.17) is 0 Å². The van der Waals surface area contributed by atoms with Gasteiger partial charge in [-0.2, -0.15) is 0 Å². The summed E-state index contributed by atoms with van der Waals surface area (Å²) >= 11 is 0. The third kappa shape index (κ3) is 14.4. The van der Waals surface area contributed by atoms with E-state index >= 15 is 0 Å². The Kier molecular flexibility index (Phi) is 16.9. The highest BCUT2D eigenvalue weighted by molar-refractivity contribution is 5.69. The number of carbonyl (C=O) groups is 1. The molecule has 0 rings (SSSR count). The molecular formula is C24H49NO3. The summed E-state index contributed by atoms with van der Waals surface area (Å²) in [7, 11) is 3.81. The van der Waals surface area contributed by atoms with Gasteiger partial charge in [0, 0.05) is 6.42 Å². The zero-order valence-corrected chi connectivity index (χ0v) is 19.4. The predicted octanol–water partition coefficient (Wildman–Crippen LogP) is 4.82. The lowest BCUT2D eigenvalue weighted by molar-refractivity contribution is -0.911. The van der Waals surface area contributed by atoms with E-state index in [9.17, 15) is 15.0 Å². The van der Waals surface area contributed by atoms with E-state index < -0.39 is 18.1 Å². The maximum atomic E-state index is 11.5. The van der Waals surface area contributed by atoms with Gasteiger partial charge in [0.05, 0.1) is 20.1 Å². The SMILES string of the molecule is CCCCCCCCCCCCCCC(O)C[N+](C)(C)C(CCCC)C(=O)[O-]. The van der Waals surface area contributed by atoms with Crippen LogP contribution in [0.15, 0.2) is 0 Å². The third-order valence-corrected chi connectivity index (χ3v) is 6.02. The van der Waals surface area contributed by atoms with Gasteiger partial charge in [0.15, 0.2) is 0 Å². The molecule has 0 aromatic heterocycles. The number of carboxylic acid groups (broad SMARTS) is 1. The molecule has 1 N–H and O–H groups in total. The zero-order chi connectivity index (χ0) is 21.3. The molecule has 4 nitrogen and oxygen atoms in total. The molecule has 0 fully saturated rings.